The van der Waals surface area contributed by atoms with Crippen LogP contribution in [-0.2, 0) is 0 Å². The van der Waals surface area contributed by atoms with Crippen LogP contribution in [0.15, 0.2) is 65.5 Å². The van der Waals surface area contributed by atoms with E-state index in [2.05, 4.69) is 46.7 Å². The molecule has 0 radical (unpaired) electrons. The SMILES string of the molecule is COc1ccc(C2c3ccc4ccccc4c3Nc3[nH]c(=O)sc32)cc1. The van der Waals surface area contributed by atoms with Crippen molar-refractivity contribution in [2.24, 2.45) is 0 Å². The number of benzene rings is 3. The second kappa shape index (κ2) is 5.75. The quantitative estimate of drug-likeness (QED) is 0.474. The van der Waals surface area contributed by atoms with Crippen LogP contribution in [0.5, 0.6) is 5.75 Å². The number of anilines is 2. The van der Waals surface area contributed by atoms with Crippen LogP contribution < -0.4 is 14.9 Å². The van der Waals surface area contributed by atoms with E-state index >= 15 is 0 Å². The van der Waals surface area contributed by atoms with E-state index in [1.54, 1.807) is 7.11 Å². The Balaban J connectivity index is 1.78. The number of methoxy groups -OCH3 is 1. The lowest BCUT2D eigenvalue weighted by molar-refractivity contribution is 0.414. The first-order chi connectivity index (χ1) is 12.7. The van der Waals surface area contributed by atoms with E-state index in [9.17, 15) is 4.79 Å². The van der Waals surface area contributed by atoms with Crippen LogP contribution in [0.4, 0.5) is 11.5 Å². The van der Waals surface area contributed by atoms with Gasteiger partial charge in [0.2, 0.25) is 0 Å². The molecule has 0 spiro atoms. The zero-order valence-electron chi connectivity index (χ0n) is 14.1. The maximum atomic E-state index is 12.1. The molecule has 128 valence electrons. The summed E-state index contributed by atoms with van der Waals surface area (Å²) in [6.45, 7) is 0. The molecule has 4 aromatic rings. The fraction of sp³-hybridized carbons (Fsp3) is 0.0952. The summed E-state index contributed by atoms with van der Waals surface area (Å²) in [5.74, 6) is 1.63. The lowest BCUT2D eigenvalue weighted by Gasteiger charge is -2.28. The third kappa shape index (κ3) is 2.24. The Bertz CT molecular complexity index is 1170. The van der Waals surface area contributed by atoms with Crippen LogP contribution in [0.1, 0.15) is 21.9 Å². The van der Waals surface area contributed by atoms with E-state index in [1.165, 1.54) is 22.3 Å². The normalized spacial score (nSPS) is 15.2. The molecule has 0 amide bonds. The van der Waals surface area contributed by atoms with E-state index < -0.39 is 0 Å². The third-order valence-corrected chi connectivity index (χ3v) is 5.86. The molecule has 3 aromatic carbocycles. The number of hydrogen-bond acceptors (Lipinski definition) is 4. The molecule has 0 aliphatic carbocycles. The lowest BCUT2D eigenvalue weighted by atomic mass is 9.85. The van der Waals surface area contributed by atoms with Gasteiger partial charge < -0.3 is 10.1 Å². The molecule has 2 N–H and O–H groups in total. The van der Waals surface area contributed by atoms with Crippen molar-refractivity contribution in [2.75, 3.05) is 12.4 Å². The molecule has 1 unspecified atom stereocenters. The van der Waals surface area contributed by atoms with Gasteiger partial charge in [0.1, 0.15) is 11.6 Å². The second-order valence-corrected chi connectivity index (χ2v) is 7.35. The average molecular weight is 360 g/mol. The zero-order valence-corrected chi connectivity index (χ0v) is 14.9. The Morgan fingerprint density at radius 3 is 2.62 bits per heavy atom. The van der Waals surface area contributed by atoms with E-state index in [-0.39, 0.29) is 10.8 Å². The van der Waals surface area contributed by atoms with Crippen LogP contribution in [0, 0.1) is 0 Å². The molecule has 2 heterocycles. The maximum Gasteiger partial charge on any atom is 0.306 e. The van der Waals surface area contributed by atoms with Crippen LogP contribution in [0.3, 0.4) is 0 Å². The van der Waals surface area contributed by atoms with Crippen molar-refractivity contribution in [3.8, 4) is 5.75 Å². The summed E-state index contributed by atoms with van der Waals surface area (Å²) in [5, 5.41) is 5.78. The zero-order chi connectivity index (χ0) is 17.7. The van der Waals surface area contributed by atoms with Gasteiger partial charge in [0.15, 0.2) is 0 Å². The van der Waals surface area contributed by atoms with Gasteiger partial charge in [-0.3, -0.25) is 9.78 Å². The smallest absolute Gasteiger partial charge is 0.306 e. The van der Waals surface area contributed by atoms with Crippen molar-refractivity contribution < 1.29 is 4.74 Å². The third-order valence-electron chi connectivity index (χ3n) is 4.91. The van der Waals surface area contributed by atoms with Crippen LogP contribution in [-0.4, -0.2) is 12.1 Å². The summed E-state index contributed by atoms with van der Waals surface area (Å²) in [6.07, 6.45) is 0. The maximum absolute atomic E-state index is 12.1. The van der Waals surface area contributed by atoms with Crippen molar-refractivity contribution in [3.63, 3.8) is 0 Å². The van der Waals surface area contributed by atoms with Gasteiger partial charge in [-0.05, 0) is 28.6 Å². The standard InChI is InChI=1S/C21H16N2O2S/c1-25-14-9-6-13(7-10-14)17-16-11-8-12-4-2-3-5-15(12)18(16)22-20-19(17)26-21(24)23-20/h2-11,17,22H,1H3,(H,23,24). The number of nitrogens with one attached hydrogen (secondary N) is 2. The van der Waals surface area contributed by atoms with Crippen LogP contribution >= 0.6 is 11.3 Å². The number of hydrogen-bond donors (Lipinski definition) is 2. The lowest BCUT2D eigenvalue weighted by Crippen LogP contribution is -2.13. The molecular weight excluding hydrogens is 344 g/mol. The Hall–Kier alpha value is -3.05. The summed E-state index contributed by atoms with van der Waals surface area (Å²) in [6, 6.07) is 20.7. The van der Waals surface area contributed by atoms with Crippen molar-refractivity contribution in [2.45, 2.75) is 5.92 Å². The first-order valence-corrected chi connectivity index (χ1v) is 9.22. The van der Waals surface area contributed by atoms with Crippen molar-refractivity contribution in [1.29, 1.82) is 0 Å². The molecule has 1 aliphatic rings. The molecule has 0 bridgehead atoms. The molecule has 0 saturated carbocycles. The molecule has 26 heavy (non-hydrogen) atoms. The van der Waals surface area contributed by atoms with Crippen molar-refractivity contribution >= 4 is 33.6 Å². The fourth-order valence-electron chi connectivity index (χ4n) is 3.70. The van der Waals surface area contributed by atoms with E-state index in [4.69, 9.17) is 4.74 Å². The first kappa shape index (κ1) is 15.2. The Kier molecular flexibility index (Phi) is 3.36. The number of thiazole rings is 1. The Labute approximate surface area is 154 Å². The topological polar surface area (TPSA) is 54.1 Å². The Morgan fingerprint density at radius 2 is 1.81 bits per heavy atom. The fourth-order valence-corrected chi connectivity index (χ4v) is 4.64. The first-order valence-electron chi connectivity index (χ1n) is 8.40. The number of H-pyrrole nitrogens is 1. The molecule has 5 rings (SSSR count). The minimum absolute atomic E-state index is 0.0145. The second-order valence-electron chi connectivity index (χ2n) is 6.34. The highest BCUT2D eigenvalue weighted by atomic mass is 32.1. The molecule has 0 saturated heterocycles. The number of ether oxygens (including phenoxy) is 1. The number of rotatable bonds is 2. The highest BCUT2D eigenvalue weighted by molar-refractivity contribution is 7.10. The highest BCUT2D eigenvalue weighted by Gasteiger charge is 2.30. The van der Waals surface area contributed by atoms with E-state index in [0.29, 0.717) is 0 Å². The molecule has 5 heteroatoms. The summed E-state index contributed by atoms with van der Waals surface area (Å²) >= 11 is 1.27. The van der Waals surface area contributed by atoms with Gasteiger partial charge in [0, 0.05) is 11.3 Å². The molecule has 0 fully saturated rings. The molecule has 4 nitrogen and oxygen atoms in total. The van der Waals surface area contributed by atoms with Gasteiger partial charge in [-0.1, -0.05) is 59.9 Å². The largest absolute Gasteiger partial charge is 0.497 e. The summed E-state index contributed by atoms with van der Waals surface area (Å²) in [7, 11) is 1.66. The van der Waals surface area contributed by atoms with E-state index in [0.717, 1.165) is 33.1 Å². The summed E-state index contributed by atoms with van der Waals surface area (Å²) in [4.78, 5) is 16.0. The predicted molar refractivity (Wildman–Crippen MR) is 106 cm³/mol. The molecule has 1 atom stereocenters. The van der Waals surface area contributed by atoms with Gasteiger partial charge >= 0.3 is 4.87 Å². The van der Waals surface area contributed by atoms with Crippen LogP contribution in [0.25, 0.3) is 10.8 Å². The number of aromatic nitrogens is 1. The number of aromatic amines is 1. The summed E-state index contributed by atoms with van der Waals surface area (Å²) in [5.41, 5.74) is 3.38. The Morgan fingerprint density at radius 1 is 1.00 bits per heavy atom. The van der Waals surface area contributed by atoms with Gasteiger partial charge in [0.05, 0.1) is 17.7 Å². The van der Waals surface area contributed by atoms with Crippen molar-refractivity contribution in [1.82, 2.24) is 4.98 Å². The minimum Gasteiger partial charge on any atom is -0.497 e. The predicted octanol–water partition coefficient (Wildman–Crippen LogP) is 4.84. The van der Waals surface area contributed by atoms with Gasteiger partial charge in [-0.15, -0.1) is 0 Å². The van der Waals surface area contributed by atoms with Gasteiger partial charge in [0.25, 0.3) is 0 Å². The average Bonchev–Trinajstić information content (AvgIpc) is 3.06. The van der Waals surface area contributed by atoms with Crippen molar-refractivity contribution in [3.05, 3.63) is 86.3 Å². The minimum atomic E-state index is -0.0434. The van der Waals surface area contributed by atoms with E-state index in [1.807, 2.05) is 24.3 Å². The molecular formula is C21H16N2O2S. The highest BCUT2D eigenvalue weighted by Crippen LogP contribution is 2.47. The van der Waals surface area contributed by atoms with Gasteiger partial charge in [-0.2, -0.15) is 0 Å². The van der Waals surface area contributed by atoms with Gasteiger partial charge in [-0.25, -0.2) is 0 Å². The molecule has 1 aromatic heterocycles. The monoisotopic (exact) mass is 360 g/mol. The number of fused-ring (bicyclic) bond motifs is 4. The van der Waals surface area contributed by atoms with Crippen LogP contribution in [0.2, 0.25) is 0 Å². The molecule has 1 aliphatic heterocycles. The summed E-state index contributed by atoms with van der Waals surface area (Å²) < 4.78 is 5.29.